The number of hydrogen-bond donors (Lipinski definition) is 1. The van der Waals surface area contributed by atoms with Gasteiger partial charge in [0.15, 0.2) is 6.23 Å². The second-order valence-corrected chi connectivity index (χ2v) is 2.79. The molecule has 0 spiro atoms. The Labute approximate surface area is 76.5 Å². The van der Waals surface area contributed by atoms with E-state index in [1.807, 2.05) is 0 Å². The fourth-order valence-electron chi connectivity index (χ4n) is 1.16. The van der Waals surface area contributed by atoms with Crippen molar-refractivity contribution in [2.24, 2.45) is 0 Å². The molecule has 0 aliphatic carbocycles. The van der Waals surface area contributed by atoms with E-state index in [2.05, 4.69) is 6.58 Å². The average molecular weight is 187 g/mol. The van der Waals surface area contributed by atoms with Crippen molar-refractivity contribution in [2.75, 3.05) is 19.8 Å². The van der Waals surface area contributed by atoms with Crippen molar-refractivity contribution in [1.82, 2.24) is 4.90 Å². The lowest BCUT2D eigenvalue weighted by atomic mass is 10.4. The van der Waals surface area contributed by atoms with E-state index in [-0.39, 0.29) is 6.61 Å². The maximum absolute atomic E-state index is 10.8. The number of hydrogen-bond acceptors (Lipinski definition) is 3. The van der Waals surface area contributed by atoms with Crippen molar-refractivity contribution in [2.45, 2.75) is 13.2 Å². The van der Waals surface area contributed by atoms with Gasteiger partial charge in [-0.2, -0.15) is 0 Å². The van der Waals surface area contributed by atoms with E-state index in [1.54, 1.807) is 6.92 Å². The van der Waals surface area contributed by atoms with Crippen LogP contribution in [0.25, 0.3) is 0 Å². The van der Waals surface area contributed by atoms with Gasteiger partial charge in [-0.1, -0.05) is 6.58 Å². The molecule has 0 aromatic carbocycles. The maximum atomic E-state index is 10.8. The van der Waals surface area contributed by atoms with Gasteiger partial charge in [0.25, 0.3) is 0 Å². The molecule has 0 aromatic rings. The van der Waals surface area contributed by atoms with Gasteiger partial charge in [-0.15, -0.1) is 0 Å². The molecule has 74 valence electrons. The zero-order valence-corrected chi connectivity index (χ0v) is 7.52. The van der Waals surface area contributed by atoms with Crippen LogP contribution in [0.15, 0.2) is 12.3 Å². The molecule has 1 heterocycles. The van der Waals surface area contributed by atoms with Crippen LogP contribution in [0.5, 0.6) is 0 Å². The van der Waals surface area contributed by atoms with E-state index in [4.69, 9.17) is 14.6 Å². The Morgan fingerprint density at radius 1 is 1.62 bits per heavy atom. The molecule has 0 radical (unpaired) electrons. The Morgan fingerprint density at radius 3 is 2.69 bits per heavy atom. The van der Waals surface area contributed by atoms with Crippen LogP contribution in [0, 0.1) is 0 Å². The maximum Gasteiger partial charge on any atom is 0.413 e. The molecule has 1 amide bonds. The van der Waals surface area contributed by atoms with Crippen molar-refractivity contribution >= 4 is 6.09 Å². The van der Waals surface area contributed by atoms with E-state index in [9.17, 15) is 4.79 Å². The van der Waals surface area contributed by atoms with Gasteiger partial charge in [0.2, 0.25) is 0 Å². The van der Waals surface area contributed by atoms with E-state index < -0.39 is 12.3 Å². The van der Waals surface area contributed by atoms with Crippen molar-refractivity contribution in [1.29, 1.82) is 0 Å². The van der Waals surface area contributed by atoms with Gasteiger partial charge in [-0.05, 0) is 6.92 Å². The van der Waals surface area contributed by atoms with Gasteiger partial charge >= 0.3 is 6.09 Å². The molecular weight excluding hydrogens is 174 g/mol. The highest BCUT2D eigenvalue weighted by molar-refractivity contribution is 5.67. The van der Waals surface area contributed by atoms with Crippen molar-refractivity contribution in [3.05, 3.63) is 12.3 Å². The Bertz CT molecular complexity index is 196. The quantitative estimate of drug-likeness (QED) is 0.697. The van der Waals surface area contributed by atoms with Gasteiger partial charge < -0.3 is 14.6 Å². The summed E-state index contributed by atoms with van der Waals surface area (Å²) in [6.07, 6.45) is -1.62. The monoisotopic (exact) mass is 187 g/mol. The van der Waals surface area contributed by atoms with Gasteiger partial charge in [-0.3, -0.25) is 4.90 Å². The van der Waals surface area contributed by atoms with Crippen molar-refractivity contribution < 1.29 is 19.4 Å². The highest BCUT2D eigenvalue weighted by Crippen LogP contribution is 2.12. The van der Waals surface area contributed by atoms with Crippen LogP contribution in [0.2, 0.25) is 0 Å². The molecule has 1 saturated heterocycles. The first-order valence-corrected chi connectivity index (χ1v) is 4.00. The lowest BCUT2D eigenvalue weighted by Crippen LogP contribution is -2.45. The number of rotatable bonds is 2. The number of carboxylic acid groups (broad SMARTS) is 1. The predicted molar refractivity (Wildman–Crippen MR) is 45.2 cm³/mol. The second-order valence-electron chi connectivity index (χ2n) is 2.79. The summed E-state index contributed by atoms with van der Waals surface area (Å²) in [6, 6.07) is 0. The molecule has 5 nitrogen and oxygen atoms in total. The minimum absolute atomic E-state index is 0.263. The molecular formula is C8H13NO4. The molecule has 0 saturated carbocycles. The first kappa shape index (κ1) is 10.0. The Hall–Kier alpha value is -1.07. The first-order chi connectivity index (χ1) is 6.13. The van der Waals surface area contributed by atoms with Crippen LogP contribution in [-0.4, -0.2) is 42.1 Å². The number of ether oxygens (including phenoxy) is 2. The molecule has 0 bridgehead atoms. The SMILES string of the molecule is C=C(C)N(C(=O)O)C1COCCO1. The number of carbonyl (C=O) groups is 1. The van der Waals surface area contributed by atoms with Gasteiger partial charge in [0, 0.05) is 5.70 Å². The van der Waals surface area contributed by atoms with Crippen LogP contribution < -0.4 is 0 Å². The first-order valence-electron chi connectivity index (χ1n) is 4.00. The Morgan fingerprint density at radius 2 is 2.31 bits per heavy atom. The summed E-state index contributed by atoms with van der Waals surface area (Å²) in [6.45, 7) is 6.37. The Kier molecular flexibility index (Phi) is 3.27. The van der Waals surface area contributed by atoms with Crippen molar-refractivity contribution in [3.8, 4) is 0 Å². The van der Waals surface area contributed by atoms with Crippen LogP contribution in [-0.2, 0) is 9.47 Å². The third-order valence-corrected chi connectivity index (χ3v) is 1.70. The zero-order chi connectivity index (χ0) is 9.84. The van der Waals surface area contributed by atoms with Gasteiger partial charge in [0.1, 0.15) is 0 Å². The molecule has 1 fully saturated rings. The molecule has 1 aliphatic rings. The highest BCUT2D eigenvalue weighted by Gasteiger charge is 2.26. The van der Waals surface area contributed by atoms with E-state index in [1.165, 1.54) is 0 Å². The van der Waals surface area contributed by atoms with E-state index in [0.717, 1.165) is 4.90 Å². The minimum Gasteiger partial charge on any atom is -0.465 e. The largest absolute Gasteiger partial charge is 0.465 e. The fourth-order valence-corrected chi connectivity index (χ4v) is 1.16. The molecule has 1 rings (SSSR count). The molecule has 1 unspecified atom stereocenters. The fraction of sp³-hybridized carbons (Fsp3) is 0.625. The lowest BCUT2D eigenvalue weighted by molar-refractivity contribution is -0.135. The third kappa shape index (κ3) is 2.43. The van der Waals surface area contributed by atoms with E-state index in [0.29, 0.717) is 18.9 Å². The van der Waals surface area contributed by atoms with Crippen molar-refractivity contribution in [3.63, 3.8) is 0 Å². The van der Waals surface area contributed by atoms with Gasteiger partial charge in [-0.25, -0.2) is 4.79 Å². The molecule has 1 N–H and O–H groups in total. The standard InChI is InChI=1S/C8H13NO4/c1-6(2)9(8(10)11)7-5-12-3-4-13-7/h7H,1,3-5H2,2H3,(H,10,11). The number of allylic oxidation sites excluding steroid dienone is 1. The van der Waals surface area contributed by atoms with Crippen LogP contribution in [0.1, 0.15) is 6.92 Å². The molecule has 13 heavy (non-hydrogen) atoms. The molecule has 1 aliphatic heterocycles. The summed E-state index contributed by atoms with van der Waals surface area (Å²) in [5, 5.41) is 8.83. The minimum atomic E-state index is -1.07. The summed E-state index contributed by atoms with van der Waals surface area (Å²) in [5.74, 6) is 0. The summed E-state index contributed by atoms with van der Waals surface area (Å²) >= 11 is 0. The van der Waals surface area contributed by atoms with Gasteiger partial charge in [0.05, 0.1) is 19.8 Å². The summed E-state index contributed by atoms with van der Waals surface area (Å²) in [5.41, 5.74) is 0.433. The smallest absolute Gasteiger partial charge is 0.413 e. The third-order valence-electron chi connectivity index (χ3n) is 1.70. The molecule has 1 atom stereocenters. The molecule has 0 aromatic heterocycles. The Balaban J connectivity index is 2.62. The summed E-state index contributed by atoms with van der Waals surface area (Å²) in [7, 11) is 0. The summed E-state index contributed by atoms with van der Waals surface area (Å²) in [4.78, 5) is 11.8. The number of amides is 1. The highest BCUT2D eigenvalue weighted by atomic mass is 16.6. The normalized spacial score (nSPS) is 22.4. The topological polar surface area (TPSA) is 59.0 Å². The van der Waals surface area contributed by atoms with Crippen LogP contribution in [0.3, 0.4) is 0 Å². The molecule has 5 heteroatoms. The summed E-state index contributed by atoms with van der Waals surface area (Å²) < 4.78 is 10.3. The average Bonchev–Trinajstić information content (AvgIpc) is 2.04. The van der Waals surface area contributed by atoms with Crippen LogP contribution in [0.4, 0.5) is 4.79 Å². The van der Waals surface area contributed by atoms with E-state index >= 15 is 0 Å². The number of nitrogens with zero attached hydrogens (tertiary/aromatic N) is 1. The zero-order valence-electron chi connectivity index (χ0n) is 7.52. The lowest BCUT2D eigenvalue weighted by Gasteiger charge is -2.31. The second kappa shape index (κ2) is 4.25. The van der Waals surface area contributed by atoms with Crippen LogP contribution >= 0.6 is 0 Å². The predicted octanol–water partition coefficient (Wildman–Crippen LogP) is 0.873.